The molecule has 0 bridgehead atoms. The van der Waals surface area contributed by atoms with Crippen LogP contribution in [0.1, 0.15) is 24.1 Å². The summed E-state index contributed by atoms with van der Waals surface area (Å²) < 4.78 is 16.0. The Labute approximate surface area is 164 Å². The molecule has 1 aliphatic heterocycles. The molecule has 146 valence electrons. The largest absolute Gasteiger partial charge is 0.486 e. The van der Waals surface area contributed by atoms with Gasteiger partial charge in [-0.3, -0.25) is 4.79 Å². The van der Waals surface area contributed by atoms with Crippen molar-refractivity contribution in [1.82, 2.24) is 4.90 Å². The molecule has 1 heterocycles. The number of hydrogen-bond acceptors (Lipinski definition) is 5. The fourth-order valence-corrected chi connectivity index (χ4v) is 2.78. The first kappa shape index (κ1) is 19.5. The van der Waals surface area contributed by atoms with Gasteiger partial charge in [0.2, 0.25) is 0 Å². The van der Waals surface area contributed by atoms with Gasteiger partial charge in [0.25, 0.3) is 5.91 Å². The minimum atomic E-state index is -0.580. The van der Waals surface area contributed by atoms with Crippen LogP contribution in [0, 0.1) is 0 Å². The van der Waals surface area contributed by atoms with Gasteiger partial charge in [-0.25, -0.2) is 4.79 Å². The van der Waals surface area contributed by atoms with Gasteiger partial charge in [-0.1, -0.05) is 36.4 Å². The summed E-state index contributed by atoms with van der Waals surface area (Å²) in [6.45, 7) is 2.65. The van der Waals surface area contributed by atoms with Crippen LogP contribution in [0.3, 0.4) is 0 Å². The highest BCUT2D eigenvalue weighted by molar-refractivity contribution is 5.89. The van der Waals surface area contributed by atoms with Crippen LogP contribution in [0.5, 0.6) is 11.5 Å². The second-order valence-electron chi connectivity index (χ2n) is 6.44. The summed E-state index contributed by atoms with van der Waals surface area (Å²) in [4.78, 5) is 25.8. The Bertz CT molecular complexity index is 862. The average molecular weight is 381 g/mol. The van der Waals surface area contributed by atoms with Crippen molar-refractivity contribution in [2.45, 2.75) is 13.0 Å². The van der Waals surface area contributed by atoms with Crippen molar-refractivity contribution in [3.8, 4) is 11.5 Å². The molecule has 1 aliphatic rings. The van der Waals surface area contributed by atoms with Gasteiger partial charge in [-0.2, -0.15) is 0 Å². The van der Waals surface area contributed by atoms with Crippen molar-refractivity contribution in [1.29, 1.82) is 0 Å². The molecular formula is C22H23NO5. The zero-order valence-corrected chi connectivity index (χ0v) is 16.0. The summed E-state index contributed by atoms with van der Waals surface area (Å²) in [5, 5.41) is 0. The van der Waals surface area contributed by atoms with Crippen LogP contribution in [-0.2, 0) is 14.3 Å². The highest BCUT2D eigenvalue weighted by Crippen LogP contribution is 2.31. The molecule has 0 saturated heterocycles. The molecule has 0 aromatic heterocycles. The third-order valence-corrected chi connectivity index (χ3v) is 4.57. The number of carbonyl (C=O) groups excluding carboxylic acids is 2. The number of benzene rings is 2. The summed E-state index contributed by atoms with van der Waals surface area (Å²) in [5.74, 6) is 0.488. The van der Waals surface area contributed by atoms with Crippen LogP contribution in [0.2, 0.25) is 0 Å². The molecule has 2 aromatic carbocycles. The molecule has 0 saturated carbocycles. The van der Waals surface area contributed by atoms with E-state index in [9.17, 15) is 9.59 Å². The fraction of sp³-hybridized carbons (Fsp3) is 0.273. The molecule has 0 spiro atoms. The van der Waals surface area contributed by atoms with E-state index in [1.54, 1.807) is 30.2 Å². The van der Waals surface area contributed by atoms with Crippen LogP contribution >= 0.6 is 0 Å². The molecule has 0 unspecified atom stereocenters. The number of likely N-dealkylation sites (N-methyl/N-ethyl adjacent to an activating group) is 1. The average Bonchev–Trinajstić information content (AvgIpc) is 2.75. The maximum absolute atomic E-state index is 12.3. The van der Waals surface area contributed by atoms with Gasteiger partial charge in [-0.05, 0) is 36.3 Å². The van der Waals surface area contributed by atoms with E-state index in [0.717, 1.165) is 11.1 Å². The van der Waals surface area contributed by atoms with Crippen molar-refractivity contribution in [3.05, 3.63) is 65.7 Å². The number of ether oxygens (including phenoxy) is 3. The Hall–Kier alpha value is -3.28. The molecule has 0 aliphatic carbocycles. The second kappa shape index (κ2) is 9.08. The predicted molar refractivity (Wildman–Crippen MR) is 105 cm³/mol. The molecule has 2 aromatic rings. The Morgan fingerprint density at radius 2 is 1.82 bits per heavy atom. The first-order valence-electron chi connectivity index (χ1n) is 9.09. The summed E-state index contributed by atoms with van der Waals surface area (Å²) in [5.41, 5.74) is 1.80. The third kappa shape index (κ3) is 4.91. The lowest BCUT2D eigenvalue weighted by atomic mass is 10.1. The van der Waals surface area contributed by atoms with Crippen LogP contribution < -0.4 is 9.47 Å². The highest BCUT2D eigenvalue weighted by atomic mass is 16.6. The van der Waals surface area contributed by atoms with Crippen LogP contribution in [0.4, 0.5) is 0 Å². The number of amides is 1. The first-order valence-corrected chi connectivity index (χ1v) is 9.09. The van der Waals surface area contributed by atoms with Gasteiger partial charge >= 0.3 is 5.97 Å². The predicted octanol–water partition coefficient (Wildman–Crippen LogP) is 3.23. The highest BCUT2D eigenvalue weighted by Gasteiger charge is 2.18. The van der Waals surface area contributed by atoms with E-state index in [-0.39, 0.29) is 18.6 Å². The molecule has 28 heavy (non-hydrogen) atoms. The monoisotopic (exact) mass is 381 g/mol. The molecule has 6 heteroatoms. The molecule has 0 fully saturated rings. The Morgan fingerprint density at radius 3 is 2.57 bits per heavy atom. The summed E-state index contributed by atoms with van der Waals surface area (Å²) in [6, 6.07) is 15.0. The number of rotatable bonds is 6. The van der Waals surface area contributed by atoms with Gasteiger partial charge < -0.3 is 19.1 Å². The van der Waals surface area contributed by atoms with E-state index < -0.39 is 5.97 Å². The lowest BCUT2D eigenvalue weighted by molar-refractivity contribution is -0.148. The second-order valence-corrected chi connectivity index (χ2v) is 6.44. The van der Waals surface area contributed by atoms with Crippen molar-refractivity contribution in [3.63, 3.8) is 0 Å². The number of nitrogens with zero attached hydrogens (tertiary/aromatic N) is 1. The number of hydrogen-bond donors (Lipinski definition) is 0. The van der Waals surface area contributed by atoms with Crippen molar-refractivity contribution in [2.75, 3.05) is 26.9 Å². The zero-order valence-electron chi connectivity index (χ0n) is 16.0. The SMILES string of the molecule is C[C@@H](c1ccccc1)N(C)C(=O)COC(=O)/C=C/c1ccc2c(c1)OCCO2. The van der Waals surface area contributed by atoms with Crippen molar-refractivity contribution >= 4 is 18.0 Å². The van der Waals surface area contributed by atoms with E-state index >= 15 is 0 Å². The minimum Gasteiger partial charge on any atom is -0.486 e. The molecule has 1 atom stereocenters. The van der Waals surface area contributed by atoms with E-state index in [0.29, 0.717) is 24.7 Å². The molecule has 1 amide bonds. The number of esters is 1. The molecule has 3 rings (SSSR count). The summed E-state index contributed by atoms with van der Waals surface area (Å²) >= 11 is 0. The number of carbonyl (C=O) groups is 2. The normalized spacial score (nSPS) is 13.8. The van der Waals surface area contributed by atoms with Crippen LogP contribution in [-0.4, -0.2) is 43.6 Å². The topological polar surface area (TPSA) is 65.1 Å². The third-order valence-electron chi connectivity index (χ3n) is 4.57. The van der Waals surface area contributed by atoms with Gasteiger partial charge in [0.1, 0.15) is 13.2 Å². The van der Waals surface area contributed by atoms with E-state index in [1.807, 2.05) is 43.3 Å². The van der Waals surface area contributed by atoms with Gasteiger partial charge in [0.15, 0.2) is 18.1 Å². The maximum atomic E-state index is 12.3. The van der Waals surface area contributed by atoms with Crippen LogP contribution in [0.15, 0.2) is 54.6 Å². The Balaban J connectivity index is 1.51. The summed E-state index contributed by atoms with van der Waals surface area (Å²) in [7, 11) is 1.69. The van der Waals surface area contributed by atoms with Crippen molar-refractivity contribution in [2.24, 2.45) is 0 Å². The molecule has 0 N–H and O–H groups in total. The van der Waals surface area contributed by atoms with Crippen molar-refractivity contribution < 1.29 is 23.8 Å². The number of fused-ring (bicyclic) bond motifs is 1. The standard InChI is InChI=1S/C22H23NO5/c1-16(18-6-4-3-5-7-18)23(2)21(24)15-28-22(25)11-9-17-8-10-19-20(14-17)27-13-12-26-19/h3-11,14,16H,12-13,15H2,1-2H3/b11-9+/t16-/m0/s1. The molecule has 0 radical (unpaired) electrons. The molecule has 6 nitrogen and oxygen atoms in total. The fourth-order valence-electron chi connectivity index (χ4n) is 2.78. The van der Waals surface area contributed by atoms with Gasteiger partial charge in [0.05, 0.1) is 6.04 Å². The zero-order chi connectivity index (χ0) is 19.9. The minimum absolute atomic E-state index is 0.111. The van der Waals surface area contributed by atoms with Gasteiger partial charge in [0, 0.05) is 13.1 Å². The Morgan fingerprint density at radius 1 is 1.11 bits per heavy atom. The van der Waals surface area contributed by atoms with E-state index in [1.165, 1.54) is 6.08 Å². The lowest BCUT2D eigenvalue weighted by Gasteiger charge is -2.25. The van der Waals surface area contributed by atoms with Gasteiger partial charge in [-0.15, -0.1) is 0 Å². The lowest BCUT2D eigenvalue weighted by Crippen LogP contribution is -2.33. The van der Waals surface area contributed by atoms with E-state index in [2.05, 4.69) is 0 Å². The quantitative estimate of drug-likeness (QED) is 0.568. The van der Waals surface area contributed by atoms with E-state index in [4.69, 9.17) is 14.2 Å². The van der Waals surface area contributed by atoms with Crippen LogP contribution in [0.25, 0.3) is 6.08 Å². The Kier molecular flexibility index (Phi) is 6.32. The first-order chi connectivity index (χ1) is 13.5. The molecular weight excluding hydrogens is 358 g/mol. The smallest absolute Gasteiger partial charge is 0.331 e. The maximum Gasteiger partial charge on any atom is 0.331 e. The summed E-state index contributed by atoms with van der Waals surface area (Å²) in [6.07, 6.45) is 2.90.